The molecule has 0 spiro atoms. The van der Waals surface area contributed by atoms with Crippen LogP contribution in [0.3, 0.4) is 0 Å². The zero-order valence-electron chi connectivity index (χ0n) is 8.00. The van der Waals surface area contributed by atoms with Crippen LogP contribution in [0.25, 0.3) is 5.65 Å². The van der Waals surface area contributed by atoms with Crippen molar-refractivity contribution in [1.29, 1.82) is 0 Å². The molecule has 15 heavy (non-hydrogen) atoms. The quantitative estimate of drug-likeness (QED) is 0.697. The summed E-state index contributed by atoms with van der Waals surface area (Å²) in [5, 5.41) is 14.4. The Morgan fingerprint density at radius 1 is 1.47 bits per heavy atom. The molecule has 3 heterocycles. The summed E-state index contributed by atoms with van der Waals surface area (Å²) in [6.07, 6.45) is 4.40. The topological polar surface area (TPSA) is 77.2 Å². The maximum atomic E-state index is 5.74. The van der Waals surface area contributed by atoms with Gasteiger partial charge in [0, 0.05) is 6.54 Å². The molecule has 0 radical (unpaired) electrons. The molecule has 0 aliphatic carbocycles. The summed E-state index contributed by atoms with van der Waals surface area (Å²) in [7, 11) is 0. The van der Waals surface area contributed by atoms with Crippen molar-refractivity contribution < 1.29 is 4.74 Å². The highest BCUT2D eigenvalue weighted by molar-refractivity contribution is 5.34. The van der Waals surface area contributed by atoms with Crippen LogP contribution in [0.15, 0.2) is 12.4 Å². The van der Waals surface area contributed by atoms with Crippen LogP contribution in [-0.4, -0.2) is 44.2 Å². The van der Waals surface area contributed by atoms with Crippen molar-refractivity contribution in [3.63, 3.8) is 0 Å². The van der Waals surface area contributed by atoms with Crippen molar-refractivity contribution in [1.82, 2.24) is 30.3 Å². The van der Waals surface area contributed by atoms with Gasteiger partial charge in [0.25, 0.3) is 0 Å². The van der Waals surface area contributed by atoms with E-state index in [1.807, 2.05) is 0 Å². The van der Waals surface area contributed by atoms with Crippen LogP contribution in [-0.2, 0) is 0 Å². The molecule has 0 amide bonds. The summed E-state index contributed by atoms with van der Waals surface area (Å²) in [5.74, 6) is 0.589. The number of hydrogen-bond donors (Lipinski definition) is 1. The predicted octanol–water partition coefficient (Wildman–Crippen LogP) is -0.740. The van der Waals surface area contributed by atoms with Crippen LogP contribution in [0.4, 0.5) is 0 Å². The minimum atomic E-state index is 0.182. The van der Waals surface area contributed by atoms with Gasteiger partial charge in [-0.1, -0.05) is 0 Å². The van der Waals surface area contributed by atoms with Crippen LogP contribution >= 0.6 is 0 Å². The number of hydrogen-bond acceptors (Lipinski definition) is 6. The van der Waals surface area contributed by atoms with Crippen molar-refractivity contribution in [3.05, 3.63) is 12.4 Å². The normalized spacial score (nSPS) is 20.9. The Hall–Kier alpha value is -1.76. The molecule has 1 aliphatic rings. The lowest BCUT2D eigenvalue weighted by molar-refractivity contribution is 0.207. The minimum Gasteiger partial charge on any atom is -0.472 e. The lowest BCUT2D eigenvalue weighted by Crippen LogP contribution is -2.21. The van der Waals surface area contributed by atoms with Crippen LogP contribution in [0, 0.1) is 0 Å². The number of tetrazole rings is 1. The van der Waals surface area contributed by atoms with Gasteiger partial charge in [0.1, 0.15) is 6.10 Å². The van der Waals surface area contributed by atoms with Gasteiger partial charge in [-0.15, -0.1) is 5.10 Å². The first-order valence-corrected chi connectivity index (χ1v) is 4.83. The van der Waals surface area contributed by atoms with E-state index in [0.717, 1.165) is 19.5 Å². The zero-order chi connectivity index (χ0) is 10.1. The summed E-state index contributed by atoms with van der Waals surface area (Å²) in [4.78, 5) is 4.02. The molecule has 0 aromatic carbocycles. The number of nitrogens with zero attached hydrogens (tertiary/aromatic N) is 5. The molecular formula is C8H10N6O. The van der Waals surface area contributed by atoms with Gasteiger partial charge in [-0.2, -0.15) is 4.52 Å². The van der Waals surface area contributed by atoms with E-state index in [2.05, 4.69) is 25.8 Å². The van der Waals surface area contributed by atoms with Gasteiger partial charge in [0.2, 0.25) is 11.5 Å². The van der Waals surface area contributed by atoms with Gasteiger partial charge in [0.05, 0.1) is 12.4 Å². The molecular weight excluding hydrogens is 196 g/mol. The summed E-state index contributed by atoms with van der Waals surface area (Å²) < 4.78 is 7.29. The van der Waals surface area contributed by atoms with Gasteiger partial charge in [-0.05, 0) is 23.4 Å². The van der Waals surface area contributed by atoms with Crippen LogP contribution in [0.2, 0.25) is 0 Å². The van der Waals surface area contributed by atoms with Crippen molar-refractivity contribution in [2.75, 3.05) is 13.1 Å². The molecule has 7 heteroatoms. The van der Waals surface area contributed by atoms with Gasteiger partial charge in [-0.3, -0.25) is 4.98 Å². The molecule has 3 rings (SSSR count). The second kappa shape index (κ2) is 3.43. The number of nitrogens with one attached hydrogen (secondary N) is 1. The molecule has 2 aromatic rings. The Labute approximate surface area is 85.5 Å². The molecule has 1 fully saturated rings. The van der Waals surface area contributed by atoms with Crippen molar-refractivity contribution in [2.45, 2.75) is 12.5 Å². The van der Waals surface area contributed by atoms with Crippen LogP contribution in [0.1, 0.15) is 6.42 Å². The van der Waals surface area contributed by atoms with E-state index in [-0.39, 0.29) is 6.10 Å². The first-order chi connectivity index (χ1) is 7.43. The van der Waals surface area contributed by atoms with Gasteiger partial charge >= 0.3 is 0 Å². The van der Waals surface area contributed by atoms with Crippen LogP contribution in [0.5, 0.6) is 5.88 Å². The van der Waals surface area contributed by atoms with E-state index in [4.69, 9.17) is 4.74 Å². The summed E-state index contributed by atoms with van der Waals surface area (Å²) in [6, 6.07) is 0. The molecule has 2 aromatic heterocycles. The van der Waals surface area contributed by atoms with E-state index in [1.165, 1.54) is 0 Å². The second-order valence-corrected chi connectivity index (χ2v) is 3.43. The largest absolute Gasteiger partial charge is 0.472 e. The fraction of sp³-hybridized carbons (Fsp3) is 0.500. The number of aromatic nitrogens is 5. The van der Waals surface area contributed by atoms with Crippen molar-refractivity contribution in [2.24, 2.45) is 0 Å². The average Bonchev–Trinajstić information content (AvgIpc) is 2.87. The predicted molar refractivity (Wildman–Crippen MR) is 50.5 cm³/mol. The monoisotopic (exact) mass is 206 g/mol. The molecule has 1 atom stereocenters. The Morgan fingerprint density at radius 3 is 3.33 bits per heavy atom. The van der Waals surface area contributed by atoms with Crippen molar-refractivity contribution >= 4 is 5.65 Å². The standard InChI is InChI=1S/C8H10N6O/c1-2-9-3-6(1)15-8-5-10-4-7-11-12-13-14(7)8/h4-6,9H,1-3H2. The maximum Gasteiger partial charge on any atom is 0.237 e. The van der Waals surface area contributed by atoms with E-state index in [1.54, 1.807) is 16.9 Å². The molecule has 78 valence electrons. The second-order valence-electron chi connectivity index (χ2n) is 3.43. The van der Waals surface area contributed by atoms with Gasteiger partial charge in [-0.25, -0.2) is 0 Å². The van der Waals surface area contributed by atoms with E-state index in [9.17, 15) is 0 Å². The maximum absolute atomic E-state index is 5.74. The lowest BCUT2D eigenvalue weighted by atomic mass is 10.3. The highest BCUT2D eigenvalue weighted by Crippen LogP contribution is 2.13. The fourth-order valence-corrected chi connectivity index (χ4v) is 1.63. The fourth-order valence-electron chi connectivity index (χ4n) is 1.63. The first-order valence-electron chi connectivity index (χ1n) is 4.83. The molecule has 1 saturated heterocycles. The Bertz CT molecular complexity index is 463. The van der Waals surface area contributed by atoms with Crippen molar-refractivity contribution in [3.8, 4) is 5.88 Å². The Balaban J connectivity index is 1.92. The third kappa shape index (κ3) is 1.50. The smallest absolute Gasteiger partial charge is 0.237 e. The number of ether oxygens (including phenoxy) is 1. The Kier molecular flexibility index (Phi) is 1.95. The average molecular weight is 206 g/mol. The molecule has 0 saturated carbocycles. The highest BCUT2D eigenvalue weighted by atomic mass is 16.5. The first kappa shape index (κ1) is 8.54. The summed E-state index contributed by atoms with van der Waals surface area (Å²) in [6.45, 7) is 1.85. The third-order valence-corrected chi connectivity index (χ3v) is 2.38. The zero-order valence-corrected chi connectivity index (χ0v) is 8.00. The minimum absolute atomic E-state index is 0.182. The van der Waals surface area contributed by atoms with Gasteiger partial charge < -0.3 is 10.1 Å². The van der Waals surface area contributed by atoms with E-state index < -0.39 is 0 Å². The van der Waals surface area contributed by atoms with E-state index in [0.29, 0.717) is 11.5 Å². The molecule has 1 aliphatic heterocycles. The molecule has 1 unspecified atom stereocenters. The molecule has 0 bridgehead atoms. The van der Waals surface area contributed by atoms with E-state index >= 15 is 0 Å². The third-order valence-electron chi connectivity index (χ3n) is 2.38. The Morgan fingerprint density at radius 2 is 2.47 bits per heavy atom. The molecule has 1 N–H and O–H groups in total. The van der Waals surface area contributed by atoms with Crippen LogP contribution < -0.4 is 10.1 Å². The SMILES string of the molecule is c1ncc2nnnn2c1OC1CCNC1. The molecule has 7 nitrogen and oxygen atoms in total. The number of rotatable bonds is 2. The summed E-state index contributed by atoms with van der Waals surface area (Å²) >= 11 is 0. The van der Waals surface area contributed by atoms with Gasteiger partial charge in [0.15, 0.2) is 0 Å². The number of fused-ring (bicyclic) bond motifs is 1. The highest BCUT2D eigenvalue weighted by Gasteiger charge is 2.17. The lowest BCUT2D eigenvalue weighted by Gasteiger charge is -2.11. The summed E-state index contributed by atoms with van der Waals surface area (Å²) in [5.41, 5.74) is 0.596.